The van der Waals surface area contributed by atoms with Crippen LogP contribution in [0.5, 0.6) is 5.75 Å². The number of benzene rings is 1. The fourth-order valence-electron chi connectivity index (χ4n) is 2.37. The molecule has 2 N–H and O–H groups in total. The Kier molecular flexibility index (Phi) is 5.67. The molecule has 24 heavy (non-hydrogen) atoms. The lowest BCUT2D eigenvalue weighted by Gasteiger charge is -2.16. The van der Waals surface area contributed by atoms with Gasteiger partial charge in [0.2, 0.25) is 0 Å². The Morgan fingerprint density at radius 1 is 1.29 bits per heavy atom. The summed E-state index contributed by atoms with van der Waals surface area (Å²) in [6.07, 6.45) is -0.728. The number of rotatable bonds is 5. The van der Waals surface area contributed by atoms with Gasteiger partial charge in [-0.2, -0.15) is 0 Å². The van der Waals surface area contributed by atoms with Gasteiger partial charge in [0.15, 0.2) is 6.10 Å². The summed E-state index contributed by atoms with van der Waals surface area (Å²) in [6, 6.07) is 7.24. The molecule has 1 amide bonds. The molecule has 2 aromatic rings. The standard InChI is InChI=1S/C18H21ClN2O3/c1-10-5-6-15(19)16(7-10)24-13(4)17(22)20-9-14-11(2)8-12(3)21-18(14)23/h5-8,13H,9H2,1-4H3,(H,20,22)(H,21,23)/t13-/m1/s1. The number of aryl methyl sites for hydroxylation is 3. The Bertz CT molecular complexity index is 814. The van der Waals surface area contributed by atoms with Crippen LogP contribution in [0.4, 0.5) is 0 Å². The lowest BCUT2D eigenvalue weighted by Crippen LogP contribution is -2.37. The molecule has 0 aliphatic rings. The van der Waals surface area contributed by atoms with Gasteiger partial charge in [0.1, 0.15) is 5.75 Å². The highest BCUT2D eigenvalue weighted by molar-refractivity contribution is 6.32. The molecule has 0 saturated heterocycles. The topological polar surface area (TPSA) is 71.2 Å². The molecule has 1 heterocycles. The maximum absolute atomic E-state index is 12.2. The number of hydrogen-bond donors (Lipinski definition) is 2. The first-order valence-electron chi connectivity index (χ1n) is 7.68. The highest BCUT2D eigenvalue weighted by atomic mass is 35.5. The van der Waals surface area contributed by atoms with Crippen molar-refractivity contribution in [1.29, 1.82) is 0 Å². The summed E-state index contributed by atoms with van der Waals surface area (Å²) in [5, 5.41) is 3.18. The third-order valence-electron chi connectivity index (χ3n) is 3.69. The molecule has 0 radical (unpaired) electrons. The van der Waals surface area contributed by atoms with Crippen LogP contribution in [0, 0.1) is 20.8 Å². The summed E-state index contributed by atoms with van der Waals surface area (Å²) in [7, 11) is 0. The molecule has 0 aliphatic carbocycles. The number of hydrogen-bond acceptors (Lipinski definition) is 3. The van der Waals surface area contributed by atoms with Gasteiger partial charge in [0.05, 0.1) is 5.02 Å². The largest absolute Gasteiger partial charge is 0.479 e. The van der Waals surface area contributed by atoms with Crippen LogP contribution >= 0.6 is 11.6 Å². The van der Waals surface area contributed by atoms with Crippen molar-refractivity contribution in [1.82, 2.24) is 10.3 Å². The number of amides is 1. The molecule has 1 atom stereocenters. The van der Waals surface area contributed by atoms with Crippen molar-refractivity contribution < 1.29 is 9.53 Å². The van der Waals surface area contributed by atoms with E-state index in [1.807, 2.05) is 32.9 Å². The SMILES string of the molecule is Cc1ccc(Cl)c(O[C@H](C)C(=O)NCc2c(C)cc(C)[nH]c2=O)c1. The molecule has 0 aliphatic heterocycles. The molecule has 0 saturated carbocycles. The van der Waals surface area contributed by atoms with Crippen molar-refractivity contribution in [3.05, 3.63) is 62.0 Å². The zero-order valence-electron chi connectivity index (χ0n) is 14.2. The second-order valence-corrected chi connectivity index (χ2v) is 6.26. The predicted octanol–water partition coefficient (Wildman–Crippen LogP) is 3.04. The van der Waals surface area contributed by atoms with E-state index in [0.29, 0.717) is 16.3 Å². The number of H-pyrrole nitrogens is 1. The van der Waals surface area contributed by atoms with E-state index < -0.39 is 6.10 Å². The van der Waals surface area contributed by atoms with E-state index in [2.05, 4.69) is 10.3 Å². The molecule has 2 rings (SSSR count). The Morgan fingerprint density at radius 3 is 2.67 bits per heavy atom. The van der Waals surface area contributed by atoms with E-state index in [1.165, 1.54) is 0 Å². The summed E-state index contributed by atoms with van der Waals surface area (Å²) in [5.41, 5.74) is 2.96. The first kappa shape index (κ1) is 18.1. The number of aromatic nitrogens is 1. The summed E-state index contributed by atoms with van der Waals surface area (Å²) in [6.45, 7) is 7.37. The molecule has 1 aromatic heterocycles. The quantitative estimate of drug-likeness (QED) is 0.872. The molecular weight excluding hydrogens is 328 g/mol. The molecule has 0 fully saturated rings. The van der Waals surface area contributed by atoms with Crippen molar-refractivity contribution in [2.45, 2.75) is 40.3 Å². The highest BCUT2D eigenvalue weighted by Crippen LogP contribution is 2.26. The van der Waals surface area contributed by atoms with E-state index in [4.69, 9.17) is 16.3 Å². The average molecular weight is 349 g/mol. The molecule has 5 nitrogen and oxygen atoms in total. The second kappa shape index (κ2) is 7.53. The fourth-order valence-corrected chi connectivity index (χ4v) is 2.53. The molecule has 6 heteroatoms. The van der Waals surface area contributed by atoms with Crippen LogP contribution < -0.4 is 15.6 Å². The Morgan fingerprint density at radius 2 is 2.00 bits per heavy atom. The van der Waals surface area contributed by atoms with Gasteiger partial charge < -0.3 is 15.0 Å². The normalized spacial score (nSPS) is 11.9. The third-order valence-corrected chi connectivity index (χ3v) is 4.01. The first-order valence-corrected chi connectivity index (χ1v) is 8.05. The molecule has 0 spiro atoms. The lowest BCUT2D eigenvalue weighted by atomic mass is 10.1. The van der Waals surface area contributed by atoms with Gasteiger partial charge in [0.25, 0.3) is 11.5 Å². The number of carbonyl (C=O) groups is 1. The van der Waals surface area contributed by atoms with E-state index in [0.717, 1.165) is 16.8 Å². The van der Waals surface area contributed by atoms with Crippen LogP contribution in [0.25, 0.3) is 0 Å². The maximum atomic E-state index is 12.2. The Balaban J connectivity index is 2.02. The van der Waals surface area contributed by atoms with Crippen molar-refractivity contribution in [3.8, 4) is 5.75 Å². The number of nitrogens with one attached hydrogen (secondary N) is 2. The fraction of sp³-hybridized carbons (Fsp3) is 0.333. The molecule has 0 bridgehead atoms. The summed E-state index contributed by atoms with van der Waals surface area (Å²) in [4.78, 5) is 26.9. The number of pyridine rings is 1. The average Bonchev–Trinajstić information content (AvgIpc) is 2.49. The van der Waals surface area contributed by atoms with Gasteiger partial charge in [-0.3, -0.25) is 9.59 Å². The first-order chi connectivity index (χ1) is 11.3. The van der Waals surface area contributed by atoms with Crippen LogP contribution in [0.2, 0.25) is 5.02 Å². The van der Waals surface area contributed by atoms with Crippen LogP contribution in [-0.2, 0) is 11.3 Å². The Labute approximate surface area is 146 Å². The van der Waals surface area contributed by atoms with E-state index in [1.54, 1.807) is 19.1 Å². The van der Waals surface area contributed by atoms with E-state index in [-0.39, 0.29) is 18.0 Å². The minimum atomic E-state index is -0.728. The van der Waals surface area contributed by atoms with Crippen LogP contribution in [0.15, 0.2) is 29.1 Å². The summed E-state index contributed by atoms with van der Waals surface area (Å²) < 4.78 is 5.63. The van der Waals surface area contributed by atoms with Gasteiger partial charge in [-0.25, -0.2) is 0 Å². The summed E-state index contributed by atoms with van der Waals surface area (Å²) >= 11 is 6.07. The number of carbonyl (C=O) groups excluding carboxylic acids is 1. The van der Waals surface area contributed by atoms with Gasteiger partial charge in [0, 0.05) is 17.8 Å². The lowest BCUT2D eigenvalue weighted by molar-refractivity contribution is -0.127. The van der Waals surface area contributed by atoms with Gasteiger partial charge in [-0.15, -0.1) is 0 Å². The highest BCUT2D eigenvalue weighted by Gasteiger charge is 2.17. The van der Waals surface area contributed by atoms with Crippen molar-refractivity contribution in [2.24, 2.45) is 0 Å². The maximum Gasteiger partial charge on any atom is 0.261 e. The van der Waals surface area contributed by atoms with Gasteiger partial charge >= 0.3 is 0 Å². The number of halogens is 1. The zero-order valence-corrected chi connectivity index (χ0v) is 15.0. The number of aromatic amines is 1. The monoisotopic (exact) mass is 348 g/mol. The molecule has 1 aromatic carbocycles. The molecule has 0 unspecified atom stereocenters. The van der Waals surface area contributed by atoms with Crippen molar-refractivity contribution >= 4 is 17.5 Å². The smallest absolute Gasteiger partial charge is 0.261 e. The summed E-state index contributed by atoms with van der Waals surface area (Å²) in [5.74, 6) is 0.149. The van der Waals surface area contributed by atoms with E-state index in [9.17, 15) is 9.59 Å². The molecule has 128 valence electrons. The van der Waals surface area contributed by atoms with Crippen LogP contribution in [0.1, 0.15) is 29.3 Å². The Hall–Kier alpha value is -2.27. The van der Waals surface area contributed by atoms with E-state index >= 15 is 0 Å². The van der Waals surface area contributed by atoms with Gasteiger partial charge in [-0.1, -0.05) is 17.7 Å². The molecular formula is C18H21ClN2O3. The second-order valence-electron chi connectivity index (χ2n) is 5.85. The van der Waals surface area contributed by atoms with Crippen molar-refractivity contribution in [2.75, 3.05) is 0 Å². The van der Waals surface area contributed by atoms with Crippen LogP contribution in [-0.4, -0.2) is 17.0 Å². The van der Waals surface area contributed by atoms with Gasteiger partial charge in [-0.05, 0) is 57.0 Å². The minimum Gasteiger partial charge on any atom is -0.479 e. The number of ether oxygens (including phenoxy) is 1. The zero-order chi connectivity index (χ0) is 17.9. The predicted molar refractivity (Wildman–Crippen MR) is 94.7 cm³/mol. The third kappa shape index (κ3) is 4.38. The van der Waals surface area contributed by atoms with Crippen molar-refractivity contribution in [3.63, 3.8) is 0 Å². The van der Waals surface area contributed by atoms with Crippen LogP contribution in [0.3, 0.4) is 0 Å². The minimum absolute atomic E-state index is 0.148.